The standard InChI is InChI=1S/C63H42N4/c1-2-19-47(20-3-1)67-59-30-11-10-25-56(59)57-29-14-27-51(60(57)67)44-33-37-46(38-34-44)62-64-61(45-35-31-43(32-36-45)49-26-12-17-41-15-4-6-21-48(41)49)65-63(66-62)58-40-39-55(53-23-8-9-24-54(53)58)52-28-13-18-42-16-5-7-22-50(42)52/h1-40,56,59H. The molecule has 0 spiro atoms. The zero-order valence-electron chi connectivity index (χ0n) is 36.5. The van der Waals surface area contributed by atoms with Gasteiger partial charge in [0.1, 0.15) is 0 Å². The molecule has 0 N–H and O–H groups in total. The average Bonchev–Trinajstić information content (AvgIpc) is 3.75. The Morgan fingerprint density at radius 2 is 0.776 bits per heavy atom. The topological polar surface area (TPSA) is 41.9 Å². The summed E-state index contributed by atoms with van der Waals surface area (Å²) in [7, 11) is 0. The van der Waals surface area contributed by atoms with Crippen molar-refractivity contribution in [3.8, 4) is 67.5 Å². The molecule has 11 aromatic rings. The Hall–Kier alpha value is -8.73. The van der Waals surface area contributed by atoms with E-state index in [1.165, 1.54) is 60.7 Å². The second-order valence-corrected chi connectivity index (χ2v) is 17.5. The third kappa shape index (κ3) is 6.64. The maximum absolute atomic E-state index is 5.32. The molecule has 0 radical (unpaired) electrons. The molecule has 2 aliphatic rings. The smallest absolute Gasteiger partial charge is 0.164 e. The third-order valence-corrected chi connectivity index (χ3v) is 13.7. The molecule has 0 amide bonds. The van der Waals surface area contributed by atoms with Gasteiger partial charge in [0, 0.05) is 33.9 Å². The van der Waals surface area contributed by atoms with Crippen molar-refractivity contribution < 1.29 is 0 Å². The fourth-order valence-electron chi connectivity index (χ4n) is 10.5. The van der Waals surface area contributed by atoms with Crippen LogP contribution in [-0.2, 0) is 0 Å². The molecule has 2 unspecified atom stereocenters. The van der Waals surface area contributed by atoms with Crippen molar-refractivity contribution in [2.24, 2.45) is 0 Å². The summed E-state index contributed by atoms with van der Waals surface area (Å²) in [6.07, 6.45) is 9.03. The molecule has 0 saturated carbocycles. The average molecular weight is 855 g/mol. The molecule has 10 aromatic carbocycles. The van der Waals surface area contributed by atoms with Crippen LogP contribution in [0.15, 0.2) is 243 Å². The lowest BCUT2D eigenvalue weighted by Crippen LogP contribution is -2.28. The SMILES string of the molecule is C1=CC2c3cccc(-c4ccc(-c5nc(-c6ccc(-c7cccc8ccccc78)cc6)nc(-c6ccc(-c7cccc8ccccc78)c7ccccc67)n5)cc4)c3N(c3ccccc3)C2C=C1. The van der Waals surface area contributed by atoms with Crippen molar-refractivity contribution in [2.75, 3.05) is 4.90 Å². The van der Waals surface area contributed by atoms with E-state index >= 15 is 0 Å². The molecule has 0 saturated heterocycles. The molecule has 2 heterocycles. The fraction of sp³-hybridized carbons (Fsp3) is 0.0317. The Labute approximate surface area is 389 Å². The minimum atomic E-state index is 0.211. The third-order valence-electron chi connectivity index (χ3n) is 13.7. The van der Waals surface area contributed by atoms with Crippen LogP contribution in [0, 0.1) is 0 Å². The van der Waals surface area contributed by atoms with Gasteiger partial charge in [0.25, 0.3) is 0 Å². The molecule has 2 atom stereocenters. The quantitative estimate of drug-likeness (QED) is 0.160. The maximum atomic E-state index is 5.32. The molecule has 13 rings (SSSR count). The first-order valence-corrected chi connectivity index (χ1v) is 23.0. The van der Waals surface area contributed by atoms with Gasteiger partial charge in [0.15, 0.2) is 17.5 Å². The van der Waals surface area contributed by atoms with E-state index in [2.05, 4.69) is 248 Å². The van der Waals surface area contributed by atoms with Gasteiger partial charge < -0.3 is 4.90 Å². The predicted octanol–water partition coefficient (Wildman–Crippen LogP) is 16.1. The summed E-state index contributed by atoms with van der Waals surface area (Å²) < 4.78 is 0. The molecule has 314 valence electrons. The number of para-hydroxylation sites is 2. The van der Waals surface area contributed by atoms with Gasteiger partial charge in [-0.05, 0) is 83.9 Å². The first-order chi connectivity index (χ1) is 33.2. The maximum Gasteiger partial charge on any atom is 0.164 e. The summed E-state index contributed by atoms with van der Waals surface area (Å²) in [5, 5.41) is 7.12. The normalized spacial score (nSPS) is 15.0. The van der Waals surface area contributed by atoms with Crippen LogP contribution in [0.25, 0.3) is 99.9 Å². The molecule has 0 fully saturated rings. The van der Waals surface area contributed by atoms with Crippen LogP contribution in [0.2, 0.25) is 0 Å². The fourth-order valence-corrected chi connectivity index (χ4v) is 10.5. The zero-order valence-corrected chi connectivity index (χ0v) is 36.5. The van der Waals surface area contributed by atoms with Gasteiger partial charge in [-0.2, -0.15) is 0 Å². The van der Waals surface area contributed by atoms with E-state index in [1.807, 2.05) is 0 Å². The largest absolute Gasteiger partial charge is 0.333 e. The van der Waals surface area contributed by atoms with Crippen LogP contribution in [0.3, 0.4) is 0 Å². The molecule has 1 aromatic heterocycles. The van der Waals surface area contributed by atoms with Crippen LogP contribution in [-0.4, -0.2) is 21.0 Å². The number of allylic oxidation sites excluding steroid dienone is 2. The van der Waals surface area contributed by atoms with Gasteiger partial charge in [-0.25, -0.2) is 15.0 Å². The van der Waals surface area contributed by atoms with E-state index in [-0.39, 0.29) is 12.0 Å². The second-order valence-electron chi connectivity index (χ2n) is 17.5. The van der Waals surface area contributed by atoms with Crippen molar-refractivity contribution in [1.82, 2.24) is 15.0 Å². The lowest BCUT2D eigenvalue weighted by atomic mass is 9.90. The Morgan fingerprint density at radius 3 is 1.46 bits per heavy atom. The molecule has 1 aliphatic heterocycles. The number of aromatic nitrogens is 3. The number of fused-ring (bicyclic) bond motifs is 6. The lowest BCUT2D eigenvalue weighted by molar-refractivity contribution is 0.745. The molecule has 4 nitrogen and oxygen atoms in total. The van der Waals surface area contributed by atoms with Gasteiger partial charge >= 0.3 is 0 Å². The summed E-state index contributed by atoms with van der Waals surface area (Å²) in [5.41, 5.74) is 13.6. The van der Waals surface area contributed by atoms with Gasteiger partial charge in [-0.1, -0.05) is 224 Å². The van der Waals surface area contributed by atoms with Crippen molar-refractivity contribution in [3.05, 3.63) is 248 Å². The van der Waals surface area contributed by atoms with Crippen LogP contribution in [0.5, 0.6) is 0 Å². The van der Waals surface area contributed by atoms with Gasteiger partial charge in [0.2, 0.25) is 0 Å². The van der Waals surface area contributed by atoms with E-state index < -0.39 is 0 Å². The Balaban J connectivity index is 0.943. The Morgan fingerprint density at radius 1 is 0.313 bits per heavy atom. The number of hydrogen-bond acceptors (Lipinski definition) is 4. The van der Waals surface area contributed by atoms with Crippen LogP contribution >= 0.6 is 0 Å². The van der Waals surface area contributed by atoms with Crippen LogP contribution < -0.4 is 4.90 Å². The van der Waals surface area contributed by atoms with Crippen LogP contribution in [0.1, 0.15) is 11.5 Å². The Bertz CT molecular complexity index is 3750. The molecule has 4 heteroatoms. The number of nitrogens with zero attached hydrogens (tertiary/aromatic N) is 4. The van der Waals surface area contributed by atoms with Gasteiger partial charge in [-0.15, -0.1) is 0 Å². The highest BCUT2D eigenvalue weighted by atomic mass is 15.2. The van der Waals surface area contributed by atoms with E-state index in [0.717, 1.165) is 38.6 Å². The van der Waals surface area contributed by atoms with Crippen molar-refractivity contribution in [2.45, 2.75) is 12.0 Å². The van der Waals surface area contributed by atoms with E-state index in [9.17, 15) is 0 Å². The van der Waals surface area contributed by atoms with Gasteiger partial charge in [0.05, 0.1) is 11.7 Å². The number of anilines is 2. The lowest BCUT2D eigenvalue weighted by Gasteiger charge is -2.29. The first kappa shape index (κ1) is 38.7. The highest BCUT2D eigenvalue weighted by Crippen LogP contribution is 2.52. The summed E-state index contributed by atoms with van der Waals surface area (Å²) in [6.45, 7) is 0. The summed E-state index contributed by atoms with van der Waals surface area (Å²) >= 11 is 0. The van der Waals surface area contributed by atoms with Gasteiger partial charge in [-0.3, -0.25) is 0 Å². The first-order valence-electron chi connectivity index (χ1n) is 23.0. The summed E-state index contributed by atoms with van der Waals surface area (Å²) in [5.74, 6) is 2.15. The number of hydrogen-bond donors (Lipinski definition) is 0. The summed E-state index contributed by atoms with van der Waals surface area (Å²) in [4.78, 5) is 18.4. The highest BCUT2D eigenvalue weighted by molar-refractivity contribution is 6.09. The zero-order chi connectivity index (χ0) is 44.3. The molecule has 0 bridgehead atoms. The van der Waals surface area contributed by atoms with Crippen LogP contribution in [0.4, 0.5) is 11.4 Å². The highest BCUT2D eigenvalue weighted by Gasteiger charge is 2.39. The molecular formula is C63H42N4. The minimum absolute atomic E-state index is 0.211. The molecular weight excluding hydrogens is 813 g/mol. The minimum Gasteiger partial charge on any atom is -0.333 e. The van der Waals surface area contributed by atoms with E-state index in [4.69, 9.17) is 15.0 Å². The van der Waals surface area contributed by atoms with Crippen molar-refractivity contribution in [1.29, 1.82) is 0 Å². The monoisotopic (exact) mass is 854 g/mol. The van der Waals surface area contributed by atoms with E-state index in [1.54, 1.807) is 0 Å². The Kier molecular flexibility index (Phi) is 9.28. The van der Waals surface area contributed by atoms with Crippen molar-refractivity contribution in [3.63, 3.8) is 0 Å². The molecule has 1 aliphatic carbocycles. The molecule has 67 heavy (non-hydrogen) atoms. The number of rotatable bonds is 7. The second kappa shape index (κ2) is 16.1. The van der Waals surface area contributed by atoms with E-state index in [0.29, 0.717) is 17.5 Å². The van der Waals surface area contributed by atoms with Crippen molar-refractivity contribution >= 4 is 43.7 Å². The number of benzene rings is 10. The predicted molar refractivity (Wildman–Crippen MR) is 278 cm³/mol. The summed E-state index contributed by atoms with van der Waals surface area (Å²) in [6, 6.07) is 78.4.